The van der Waals surface area contributed by atoms with Crippen LogP contribution in [0.3, 0.4) is 0 Å². The summed E-state index contributed by atoms with van der Waals surface area (Å²) in [6.07, 6.45) is 0. The number of aromatic nitrogens is 4. The molecule has 5 rings (SSSR count). The predicted octanol–water partition coefficient (Wildman–Crippen LogP) is 4.86. The molecule has 0 atom stereocenters. The maximum absolute atomic E-state index is 5.99. The maximum atomic E-state index is 5.99. The van der Waals surface area contributed by atoms with E-state index in [1.54, 1.807) is 14.2 Å². The van der Waals surface area contributed by atoms with Gasteiger partial charge in [-0.1, -0.05) is 37.6 Å². The van der Waals surface area contributed by atoms with E-state index in [4.69, 9.17) is 23.9 Å². The van der Waals surface area contributed by atoms with E-state index in [-0.39, 0.29) is 12.6 Å². The van der Waals surface area contributed by atoms with Gasteiger partial charge in [0.2, 0.25) is 5.95 Å². The number of anilines is 3. The number of aromatic amines is 1. The van der Waals surface area contributed by atoms with Gasteiger partial charge in [-0.25, -0.2) is 0 Å². The molecule has 10 heteroatoms. The highest BCUT2D eigenvalue weighted by Gasteiger charge is 2.21. The summed E-state index contributed by atoms with van der Waals surface area (Å²) < 4.78 is 22.2. The summed E-state index contributed by atoms with van der Waals surface area (Å²) in [5, 5.41) is 3.31. The van der Waals surface area contributed by atoms with Gasteiger partial charge >= 0.3 is 6.01 Å². The summed E-state index contributed by atoms with van der Waals surface area (Å²) in [5.41, 5.74) is 4.30. The quantitative estimate of drug-likeness (QED) is 0.346. The number of ether oxygens (including phenoxy) is 4. The second-order valence-corrected chi connectivity index (χ2v) is 8.18. The third-order valence-corrected chi connectivity index (χ3v) is 5.75. The average Bonchev–Trinajstić information content (AvgIpc) is 3.36. The van der Waals surface area contributed by atoms with Gasteiger partial charge in [-0.15, -0.1) is 0 Å². The Labute approximate surface area is 217 Å². The summed E-state index contributed by atoms with van der Waals surface area (Å²) in [7, 11) is 3.21. The molecule has 2 N–H and O–H groups in total. The third kappa shape index (κ3) is 6.21. The minimum atomic E-state index is 0.252. The van der Waals surface area contributed by atoms with Crippen LogP contribution in [-0.4, -0.2) is 60.5 Å². The molecule has 1 aliphatic heterocycles. The first kappa shape index (κ1) is 26.0. The normalized spacial score (nSPS) is 13.1. The number of H-pyrrole nitrogens is 1. The van der Waals surface area contributed by atoms with Crippen LogP contribution in [-0.2, 0) is 11.3 Å². The van der Waals surface area contributed by atoms with Crippen LogP contribution in [0.5, 0.6) is 17.5 Å². The Morgan fingerprint density at radius 3 is 2.38 bits per heavy atom. The molecule has 0 bridgehead atoms. The van der Waals surface area contributed by atoms with E-state index < -0.39 is 0 Å². The number of rotatable bonds is 8. The number of methoxy groups -OCH3 is 2. The summed E-state index contributed by atoms with van der Waals surface area (Å²) >= 11 is 0. The molecule has 0 unspecified atom stereocenters. The predicted molar refractivity (Wildman–Crippen MR) is 144 cm³/mol. The SMILES string of the molecule is CC.COc1ccc(COc2nc(N3CCOCC3)c3[nH]c(Nc4ccc(C)cc4)nc3n2)cc1OC. The molecule has 1 aliphatic rings. The van der Waals surface area contributed by atoms with E-state index in [0.29, 0.717) is 36.3 Å². The van der Waals surface area contributed by atoms with Gasteiger partial charge in [0.25, 0.3) is 0 Å². The van der Waals surface area contributed by atoms with E-state index in [1.807, 2.05) is 56.3 Å². The number of benzene rings is 2. The number of hydrogen-bond acceptors (Lipinski definition) is 9. The van der Waals surface area contributed by atoms with Gasteiger partial charge in [0.1, 0.15) is 12.1 Å². The first-order valence-corrected chi connectivity index (χ1v) is 12.4. The van der Waals surface area contributed by atoms with E-state index in [1.165, 1.54) is 5.56 Å². The third-order valence-electron chi connectivity index (χ3n) is 5.75. The Morgan fingerprint density at radius 2 is 1.68 bits per heavy atom. The van der Waals surface area contributed by atoms with E-state index in [2.05, 4.69) is 32.1 Å². The standard InChI is InChI=1S/C25H28N6O4.C2H6/c1-16-4-7-18(8-5-16)26-24-27-21-22(28-24)29-25(30-23(21)31-10-12-34-13-11-31)35-15-17-6-9-19(32-2)20(14-17)33-3;1-2/h4-9,14H,10-13,15H2,1-3H3,(H2,26,27,28,29,30);1-2H3. The molecule has 0 aliphatic carbocycles. The van der Waals surface area contributed by atoms with Gasteiger partial charge in [-0.2, -0.15) is 15.0 Å². The van der Waals surface area contributed by atoms with Crippen molar-refractivity contribution in [2.24, 2.45) is 0 Å². The number of imidazole rings is 1. The fourth-order valence-corrected chi connectivity index (χ4v) is 3.88. The van der Waals surface area contributed by atoms with Crippen molar-refractivity contribution in [3.8, 4) is 17.5 Å². The van der Waals surface area contributed by atoms with Crippen LogP contribution >= 0.6 is 0 Å². The minimum Gasteiger partial charge on any atom is -0.493 e. The number of hydrogen-bond donors (Lipinski definition) is 2. The Kier molecular flexibility index (Phi) is 8.63. The van der Waals surface area contributed by atoms with Gasteiger partial charge in [-0.05, 0) is 36.8 Å². The number of nitrogens with one attached hydrogen (secondary N) is 2. The van der Waals surface area contributed by atoms with Crippen LogP contribution in [0, 0.1) is 6.92 Å². The Morgan fingerprint density at radius 1 is 0.946 bits per heavy atom. The Hall–Kier alpha value is -4.05. The molecule has 37 heavy (non-hydrogen) atoms. The number of fused-ring (bicyclic) bond motifs is 1. The molecular weight excluding hydrogens is 472 g/mol. The molecule has 10 nitrogen and oxygen atoms in total. The van der Waals surface area contributed by atoms with Crippen LogP contribution in [0.15, 0.2) is 42.5 Å². The van der Waals surface area contributed by atoms with Crippen LogP contribution in [0.2, 0.25) is 0 Å². The lowest BCUT2D eigenvalue weighted by Gasteiger charge is -2.28. The summed E-state index contributed by atoms with van der Waals surface area (Å²) in [6, 6.07) is 14.0. The van der Waals surface area contributed by atoms with Gasteiger partial charge < -0.3 is 34.1 Å². The zero-order chi connectivity index (χ0) is 26.2. The van der Waals surface area contributed by atoms with Crippen LogP contribution in [0.4, 0.5) is 17.5 Å². The summed E-state index contributed by atoms with van der Waals surface area (Å²) in [4.78, 5) is 19.5. The van der Waals surface area contributed by atoms with Gasteiger partial charge in [0, 0.05) is 18.8 Å². The van der Waals surface area contributed by atoms with E-state index in [0.717, 1.165) is 35.7 Å². The Bertz CT molecular complexity index is 1300. The van der Waals surface area contributed by atoms with Crippen molar-refractivity contribution in [1.82, 2.24) is 19.9 Å². The molecule has 2 aromatic heterocycles. The van der Waals surface area contributed by atoms with Crippen molar-refractivity contribution in [2.75, 3.05) is 50.7 Å². The summed E-state index contributed by atoms with van der Waals surface area (Å²) in [6.45, 7) is 9.04. The molecule has 1 fully saturated rings. The Balaban J connectivity index is 0.00000156. The molecule has 0 amide bonds. The smallest absolute Gasteiger partial charge is 0.320 e. The number of morpholine rings is 1. The molecule has 196 valence electrons. The number of nitrogens with zero attached hydrogens (tertiary/aromatic N) is 4. The molecule has 0 saturated carbocycles. The first-order valence-electron chi connectivity index (χ1n) is 12.4. The fourth-order valence-electron chi connectivity index (χ4n) is 3.88. The first-order chi connectivity index (χ1) is 18.1. The lowest BCUT2D eigenvalue weighted by atomic mass is 10.2. The van der Waals surface area contributed by atoms with Crippen LogP contribution in [0.25, 0.3) is 11.2 Å². The lowest BCUT2D eigenvalue weighted by molar-refractivity contribution is 0.122. The van der Waals surface area contributed by atoms with Crippen molar-refractivity contribution >= 4 is 28.6 Å². The number of aryl methyl sites for hydroxylation is 1. The van der Waals surface area contributed by atoms with Crippen molar-refractivity contribution in [3.63, 3.8) is 0 Å². The van der Waals surface area contributed by atoms with Crippen LogP contribution in [0.1, 0.15) is 25.0 Å². The topological polar surface area (TPSA) is 107 Å². The van der Waals surface area contributed by atoms with Crippen molar-refractivity contribution < 1.29 is 18.9 Å². The largest absolute Gasteiger partial charge is 0.493 e. The van der Waals surface area contributed by atoms with E-state index in [9.17, 15) is 0 Å². The molecule has 0 spiro atoms. The molecule has 4 aromatic rings. The van der Waals surface area contributed by atoms with E-state index >= 15 is 0 Å². The zero-order valence-electron chi connectivity index (χ0n) is 22.0. The van der Waals surface area contributed by atoms with Gasteiger partial charge in [-0.3, -0.25) is 0 Å². The molecule has 2 aromatic carbocycles. The molecule has 1 saturated heterocycles. The second kappa shape index (κ2) is 12.3. The molecule has 3 heterocycles. The fraction of sp³-hybridized carbons (Fsp3) is 0.370. The van der Waals surface area contributed by atoms with Crippen molar-refractivity contribution in [3.05, 3.63) is 53.6 Å². The van der Waals surface area contributed by atoms with Gasteiger partial charge in [0.05, 0.1) is 27.4 Å². The highest BCUT2D eigenvalue weighted by Crippen LogP contribution is 2.30. The minimum absolute atomic E-state index is 0.252. The molecular formula is C27H34N6O4. The zero-order valence-corrected chi connectivity index (χ0v) is 22.0. The van der Waals surface area contributed by atoms with Gasteiger partial charge in [0.15, 0.2) is 23.0 Å². The monoisotopic (exact) mass is 506 g/mol. The van der Waals surface area contributed by atoms with Crippen molar-refractivity contribution in [2.45, 2.75) is 27.4 Å². The second-order valence-electron chi connectivity index (χ2n) is 8.18. The maximum Gasteiger partial charge on any atom is 0.320 e. The highest BCUT2D eigenvalue weighted by atomic mass is 16.5. The highest BCUT2D eigenvalue weighted by molar-refractivity contribution is 5.86. The summed E-state index contributed by atoms with van der Waals surface area (Å²) in [5.74, 6) is 2.63. The lowest BCUT2D eigenvalue weighted by Crippen LogP contribution is -2.37. The van der Waals surface area contributed by atoms with Crippen molar-refractivity contribution in [1.29, 1.82) is 0 Å². The van der Waals surface area contributed by atoms with Crippen LogP contribution < -0.4 is 24.4 Å². The molecule has 0 radical (unpaired) electrons. The average molecular weight is 507 g/mol.